The van der Waals surface area contributed by atoms with Gasteiger partial charge in [-0.25, -0.2) is 8.78 Å². The molecule has 1 aliphatic heterocycles. The first-order valence-electron chi connectivity index (χ1n) is 6.17. The van der Waals surface area contributed by atoms with Crippen LogP contribution in [0, 0.1) is 11.6 Å². The van der Waals surface area contributed by atoms with Gasteiger partial charge in [-0.1, -0.05) is 6.07 Å². The highest BCUT2D eigenvalue weighted by atomic mass is 19.1. The molecule has 0 aliphatic carbocycles. The Morgan fingerprint density at radius 1 is 1.33 bits per heavy atom. The standard InChI is InChI=1S/C13H19F2N3/c1-13(16,18-6-4-17-5-7-18)9-10-2-3-11(14)8-12(10)15/h2-3,8,17H,4-7,9,16H2,1H3. The second-order valence-electron chi connectivity index (χ2n) is 5.01. The van der Waals surface area contributed by atoms with E-state index in [1.54, 1.807) is 0 Å². The minimum absolute atomic E-state index is 0.374. The quantitative estimate of drug-likeness (QED) is 0.849. The van der Waals surface area contributed by atoms with E-state index in [4.69, 9.17) is 5.73 Å². The summed E-state index contributed by atoms with van der Waals surface area (Å²) in [5, 5.41) is 3.25. The van der Waals surface area contributed by atoms with Gasteiger partial charge in [0.1, 0.15) is 11.6 Å². The van der Waals surface area contributed by atoms with Crippen LogP contribution in [0.4, 0.5) is 8.78 Å². The SMILES string of the molecule is CC(N)(Cc1ccc(F)cc1F)N1CCNCC1. The summed E-state index contributed by atoms with van der Waals surface area (Å²) in [6.45, 7) is 5.35. The first-order valence-corrected chi connectivity index (χ1v) is 6.17. The summed E-state index contributed by atoms with van der Waals surface area (Å²) in [5.74, 6) is -1.08. The summed E-state index contributed by atoms with van der Waals surface area (Å²) in [5.41, 5.74) is 6.12. The average molecular weight is 255 g/mol. The highest BCUT2D eigenvalue weighted by Crippen LogP contribution is 2.19. The molecule has 5 heteroatoms. The smallest absolute Gasteiger partial charge is 0.129 e. The Hall–Kier alpha value is -1.04. The molecule has 0 amide bonds. The molecule has 3 nitrogen and oxygen atoms in total. The van der Waals surface area contributed by atoms with Gasteiger partial charge in [-0.2, -0.15) is 0 Å². The van der Waals surface area contributed by atoms with Gasteiger partial charge in [0.2, 0.25) is 0 Å². The highest BCUT2D eigenvalue weighted by molar-refractivity contribution is 5.20. The molecule has 18 heavy (non-hydrogen) atoms. The van der Waals surface area contributed by atoms with Crippen molar-refractivity contribution in [2.24, 2.45) is 5.73 Å². The van der Waals surface area contributed by atoms with Crippen molar-refractivity contribution in [2.45, 2.75) is 19.0 Å². The number of nitrogens with zero attached hydrogens (tertiary/aromatic N) is 1. The fourth-order valence-electron chi connectivity index (χ4n) is 2.34. The lowest BCUT2D eigenvalue weighted by atomic mass is 9.99. The minimum atomic E-state index is -0.610. The van der Waals surface area contributed by atoms with E-state index in [9.17, 15) is 8.78 Å². The molecule has 1 atom stereocenters. The second kappa shape index (κ2) is 5.30. The molecule has 1 saturated heterocycles. The molecule has 1 fully saturated rings. The van der Waals surface area contributed by atoms with Crippen molar-refractivity contribution >= 4 is 0 Å². The molecule has 0 bridgehead atoms. The molecule has 1 aliphatic rings. The van der Waals surface area contributed by atoms with E-state index in [1.807, 2.05) is 6.92 Å². The Kier molecular flexibility index (Phi) is 3.94. The lowest BCUT2D eigenvalue weighted by molar-refractivity contribution is 0.0924. The predicted octanol–water partition coefficient (Wildman–Crippen LogP) is 1.09. The van der Waals surface area contributed by atoms with Gasteiger partial charge in [-0.3, -0.25) is 4.90 Å². The predicted molar refractivity (Wildman–Crippen MR) is 67.1 cm³/mol. The molecule has 1 heterocycles. The summed E-state index contributed by atoms with van der Waals surface area (Å²) < 4.78 is 26.5. The third-order valence-corrected chi connectivity index (χ3v) is 3.40. The van der Waals surface area contributed by atoms with Crippen molar-refractivity contribution in [3.63, 3.8) is 0 Å². The molecule has 2 rings (SSSR count). The van der Waals surface area contributed by atoms with Gasteiger partial charge in [-0.05, 0) is 18.6 Å². The number of nitrogens with two attached hydrogens (primary N) is 1. The third kappa shape index (κ3) is 3.04. The normalized spacial score (nSPS) is 20.7. The van der Waals surface area contributed by atoms with Crippen LogP contribution >= 0.6 is 0 Å². The van der Waals surface area contributed by atoms with Gasteiger partial charge in [0.05, 0.1) is 5.66 Å². The van der Waals surface area contributed by atoms with Gasteiger partial charge in [-0.15, -0.1) is 0 Å². The van der Waals surface area contributed by atoms with Crippen molar-refractivity contribution in [1.29, 1.82) is 0 Å². The summed E-state index contributed by atoms with van der Waals surface area (Å²) in [6.07, 6.45) is 0.374. The number of nitrogens with one attached hydrogen (secondary N) is 1. The molecule has 0 spiro atoms. The van der Waals surface area contributed by atoms with E-state index >= 15 is 0 Å². The summed E-state index contributed by atoms with van der Waals surface area (Å²) in [4.78, 5) is 2.13. The maximum atomic E-state index is 13.6. The lowest BCUT2D eigenvalue weighted by Gasteiger charge is -2.41. The molecule has 3 N–H and O–H groups in total. The van der Waals surface area contributed by atoms with Crippen LogP contribution in [0.1, 0.15) is 12.5 Å². The Bertz CT molecular complexity index is 415. The monoisotopic (exact) mass is 255 g/mol. The van der Waals surface area contributed by atoms with Crippen LogP contribution in [0.5, 0.6) is 0 Å². The molecule has 1 aromatic carbocycles. The number of benzene rings is 1. The molecular formula is C13H19F2N3. The fraction of sp³-hybridized carbons (Fsp3) is 0.538. The molecule has 1 unspecified atom stereocenters. The van der Waals surface area contributed by atoms with Gasteiger partial charge < -0.3 is 11.1 Å². The van der Waals surface area contributed by atoms with Crippen molar-refractivity contribution in [1.82, 2.24) is 10.2 Å². The van der Waals surface area contributed by atoms with Gasteiger partial charge in [0, 0.05) is 38.7 Å². The minimum Gasteiger partial charge on any atom is -0.314 e. The van der Waals surface area contributed by atoms with E-state index in [0.29, 0.717) is 12.0 Å². The molecule has 0 saturated carbocycles. The third-order valence-electron chi connectivity index (χ3n) is 3.40. The van der Waals surface area contributed by atoms with Crippen LogP contribution in [-0.4, -0.2) is 36.7 Å². The summed E-state index contributed by atoms with van der Waals surface area (Å²) in [7, 11) is 0. The van der Waals surface area contributed by atoms with Crippen LogP contribution in [0.3, 0.4) is 0 Å². The van der Waals surface area contributed by atoms with E-state index in [2.05, 4.69) is 10.2 Å². The first kappa shape index (κ1) is 13.4. The van der Waals surface area contributed by atoms with Gasteiger partial charge >= 0.3 is 0 Å². The van der Waals surface area contributed by atoms with E-state index < -0.39 is 17.3 Å². The maximum Gasteiger partial charge on any atom is 0.129 e. The molecule has 0 aromatic heterocycles. The second-order valence-corrected chi connectivity index (χ2v) is 5.01. The van der Waals surface area contributed by atoms with E-state index in [1.165, 1.54) is 12.1 Å². The van der Waals surface area contributed by atoms with Crippen LogP contribution in [0.2, 0.25) is 0 Å². The van der Waals surface area contributed by atoms with E-state index in [0.717, 1.165) is 32.2 Å². The Morgan fingerprint density at radius 2 is 2.00 bits per heavy atom. The molecular weight excluding hydrogens is 236 g/mol. The van der Waals surface area contributed by atoms with Crippen molar-refractivity contribution < 1.29 is 8.78 Å². The zero-order valence-corrected chi connectivity index (χ0v) is 10.5. The van der Waals surface area contributed by atoms with E-state index in [-0.39, 0.29) is 0 Å². The van der Waals surface area contributed by atoms with Crippen LogP contribution in [-0.2, 0) is 6.42 Å². The number of rotatable bonds is 3. The lowest BCUT2D eigenvalue weighted by Crippen LogP contribution is -2.60. The number of piperazine rings is 1. The topological polar surface area (TPSA) is 41.3 Å². The molecule has 0 radical (unpaired) electrons. The first-order chi connectivity index (χ1) is 8.49. The van der Waals surface area contributed by atoms with Crippen molar-refractivity contribution in [2.75, 3.05) is 26.2 Å². The van der Waals surface area contributed by atoms with Gasteiger partial charge in [0.15, 0.2) is 0 Å². The van der Waals surface area contributed by atoms with Crippen LogP contribution in [0.25, 0.3) is 0 Å². The zero-order valence-electron chi connectivity index (χ0n) is 10.5. The Morgan fingerprint density at radius 3 is 2.61 bits per heavy atom. The molecule has 100 valence electrons. The van der Waals surface area contributed by atoms with Crippen molar-refractivity contribution in [3.8, 4) is 0 Å². The number of hydrogen-bond donors (Lipinski definition) is 2. The van der Waals surface area contributed by atoms with Crippen LogP contribution < -0.4 is 11.1 Å². The fourth-order valence-corrected chi connectivity index (χ4v) is 2.34. The van der Waals surface area contributed by atoms with Crippen molar-refractivity contribution in [3.05, 3.63) is 35.4 Å². The maximum absolute atomic E-state index is 13.6. The number of hydrogen-bond acceptors (Lipinski definition) is 3. The average Bonchev–Trinajstić information content (AvgIpc) is 2.34. The largest absolute Gasteiger partial charge is 0.314 e. The number of halogens is 2. The Labute approximate surface area is 106 Å². The highest BCUT2D eigenvalue weighted by Gasteiger charge is 2.29. The Balaban J connectivity index is 2.10. The van der Waals surface area contributed by atoms with Crippen LogP contribution in [0.15, 0.2) is 18.2 Å². The van der Waals surface area contributed by atoms with Gasteiger partial charge in [0.25, 0.3) is 0 Å². The summed E-state index contributed by atoms with van der Waals surface area (Å²) in [6, 6.07) is 3.65. The molecule has 1 aromatic rings. The zero-order chi connectivity index (χ0) is 13.2. The summed E-state index contributed by atoms with van der Waals surface area (Å²) >= 11 is 0.